The highest BCUT2D eigenvalue weighted by atomic mass is 16.5. The third kappa shape index (κ3) is 4.75. The highest BCUT2D eigenvalue weighted by Gasteiger charge is 2.12. The molecule has 0 radical (unpaired) electrons. The number of nitrogens with one attached hydrogen (secondary N) is 1. The van der Waals surface area contributed by atoms with Crippen molar-refractivity contribution in [1.82, 2.24) is 10.2 Å². The van der Waals surface area contributed by atoms with E-state index in [1.54, 1.807) is 7.11 Å². The summed E-state index contributed by atoms with van der Waals surface area (Å²) in [5.41, 5.74) is 1.27. The smallest absolute Gasteiger partial charge is 0.122 e. The van der Waals surface area contributed by atoms with Gasteiger partial charge in [-0.2, -0.15) is 0 Å². The largest absolute Gasteiger partial charge is 0.496 e. The average Bonchev–Trinajstić information content (AvgIpc) is 2.29. The Hall–Kier alpha value is -1.06. The van der Waals surface area contributed by atoms with Crippen LogP contribution in [0, 0.1) is 0 Å². The molecule has 3 nitrogen and oxygen atoms in total. The number of likely N-dealkylation sites (N-methyl/N-ethyl adjacent to an activating group) is 2. The maximum Gasteiger partial charge on any atom is 0.122 e. The number of ether oxygens (including phenoxy) is 1. The van der Waals surface area contributed by atoms with Crippen LogP contribution in [0.25, 0.3) is 0 Å². The molecule has 0 aliphatic rings. The summed E-state index contributed by atoms with van der Waals surface area (Å²) in [5.74, 6) is 0.981. The van der Waals surface area contributed by atoms with Crippen LogP contribution in [-0.4, -0.2) is 45.2 Å². The van der Waals surface area contributed by atoms with E-state index in [-0.39, 0.29) is 0 Å². The number of methoxy groups -OCH3 is 1. The predicted molar refractivity (Wildman–Crippen MR) is 72.7 cm³/mol. The molecule has 1 aromatic carbocycles. The van der Waals surface area contributed by atoms with Crippen molar-refractivity contribution in [3.8, 4) is 5.75 Å². The molecular weight excluding hydrogens is 212 g/mol. The molecule has 0 fully saturated rings. The third-order valence-corrected chi connectivity index (χ3v) is 2.74. The van der Waals surface area contributed by atoms with Crippen LogP contribution in [0.2, 0.25) is 0 Å². The summed E-state index contributed by atoms with van der Waals surface area (Å²) in [6.45, 7) is 4.17. The summed E-state index contributed by atoms with van der Waals surface area (Å²) in [6, 6.07) is 8.70. The lowest BCUT2D eigenvalue weighted by atomic mass is 10.0. The summed E-state index contributed by atoms with van der Waals surface area (Å²) >= 11 is 0. The lowest BCUT2D eigenvalue weighted by Crippen LogP contribution is -2.39. The van der Waals surface area contributed by atoms with E-state index >= 15 is 0 Å². The van der Waals surface area contributed by atoms with Gasteiger partial charge in [0.25, 0.3) is 0 Å². The van der Waals surface area contributed by atoms with E-state index in [4.69, 9.17) is 4.74 Å². The summed E-state index contributed by atoms with van der Waals surface area (Å²) in [7, 11) is 5.94. The molecule has 0 aliphatic carbocycles. The Morgan fingerprint density at radius 3 is 2.59 bits per heavy atom. The van der Waals surface area contributed by atoms with Crippen LogP contribution in [-0.2, 0) is 6.42 Å². The SMILES string of the molecule is CCNC(Cc1ccccc1OC)CN(C)C. The van der Waals surface area contributed by atoms with Gasteiger partial charge in [-0.25, -0.2) is 0 Å². The number of benzene rings is 1. The molecule has 0 heterocycles. The molecule has 1 aromatic rings. The zero-order valence-corrected chi connectivity index (χ0v) is 11.4. The van der Waals surface area contributed by atoms with Gasteiger partial charge in [0, 0.05) is 12.6 Å². The Labute approximate surface area is 105 Å². The summed E-state index contributed by atoms with van der Waals surface area (Å²) < 4.78 is 5.39. The van der Waals surface area contributed by atoms with Gasteiger partial charge in [-0.05, 0) is 38.7 Å². The minimum absolute atomic E-state index is 0.464. The van der Waals surface area contributed by atoms with Gasteiger partial charge in [0.15, 0.2) is 0 Å². The van der Waals surface area contributed by atoms with Gasteiger partial charge >= 0.3 is 0 Å². The van der Waals surface area contributed by atoms with Crippen LogP contribution >= 0.6 is 0 Å². The second-order valence-corrected chi connectivity index (χ2v) is 4.53. The fourth-order valence-corrected chi connectivity index (χ4v) is 2.07. The predicted octanol–water partition coefficient (Wildman–Crippen LogP) is 1.78. The minimum atomic E-state index is 0.464. The van der Waals surface area contributed by atoms with Crippen molar-refractivity contribution in [3.05, 3.63) is 29.8 Å². The van der Waals surface area contributed by atoms with E-state index in [1.807, 2.05) is 12.1 Å². The number of hydrogen-bond acceptors (Lipinski definition) is 3. The Balaban J connectivity index is 2.70. The lowest BCUT2D eigenvalue weighted by Gasteiger charge is -2.22. The van der Waals surface area contributed by atoms with E-state index in [0.29, 0.717) is 6.04 Å². The molecule has 0 bridgehead atoms. The molecule has 1 N–H and O–H groups in total. The van der Waals surface area contributed by atoms with Crippen LogP contribution < -0.4 is 10.1 Å². The first-order valence-corrected chi connectivity index (χ1v) is 6.17. The van der Waals surface area contributed by atoms with Crippen molar-refractivity contribution in [2.45, 2.75) is 19.4 Å². The number of rotatable bonds is 7. The van der Waals surface area contributed by atoms with Crippen LogP contribution in [0.5, 0.6) is 5.75 Å². The minimum Gasteiger partial charge on any atom is -0.496 e. The van der Waals surface area contributed by atoms with Gasteiger partial charge in [0.1, 0.15) is 5.75 Å². The van der Waals surface area contributed by atoms with E-state index < -0.39 is 0 Å². The monoisotopic (exact) mass is 236 g/mol. The summed E-state index contributed by atoms with van der Waals surface area (Å²) in [5, 5.41) is 3.52. The van der Waals surface area contributed by atoms with Crippen LogP contribution in [0.15, 0.2) is 24.3 Å². The molecule has 96 valence electrons. The Morgan fingerprint density at radius 1 is 1.29 bits per heavy atom. The Kier molecular flexibility index (Phi) is 6.01. The van der Waals surface area contributed by atoms with Gasteiger partial charge in [-0.3, -0.25) is 0 Å². The van der Waals surface area contributed by atoms with Crippen LogP contribution in [0.4, 0.5) is 0 Å². The Bertz CT molecular complexity index is 326. The van der Waals surface area contributed by atoms with E-state index in [1.165, 1.54) is 5.56 Å². The molecule has 0 spiro atoms. The lowest BCUT2D eigenvalue weighted by molar-refractivity contribution is 0.335. The molecule has 0 aromatic heterocycles. The molecule has 17 heavy (non-hydrogen) atoms. The summed E-state index contributed by atoms with van der Waals surface area (Å²) in [4.78, 5) is 2.21. The number of para-hydroxylation sites is 1. The molecule has 3 heteroatoms. The van der Waals surface area contributed by atoms with E-state index in [0.717, 1.165) is 25.3 Å². The van der Waals surface area contributed by atoms with Crippen molar-refractivity contribution in [2.24, 2.45) is 0 Å². The maximum absolute atomic E-state index is 5.39. The van der Waals surface area contributed by atoms with Gasteiger partial charge in [-0.15, -0.1) is 0 Å². The van der Waals surface area contributed by atoms with Crippen molar-refractivity contribution in [2.75, 3.05) is 34.3 Å². The zero-order chi connectivity index (χ0) is 12.7. The van der Waals surface area contributed by atoms with Crippen LogP contribution in [0.3, 0.4) is 0 Å². The third-order valence-electron chi connectivity index (χ3n) is 2.74. The average molecular weight is 236 g/mol. The van der Waals surface area contributed by atoms with Gasteiger partial charge in [-0.1, -0.05) is 25.1 Å². The standard InChI is InChI=1S/C14H24N2O/c1-5-15-13(11-16(2)3)10-12-8-6-7-9-14(12)17-4/h6-9,13,15H,5,10-11H2,1-4H3. The van der Waals surface area contributed by atoms with Crippen molar-refractivity contribution >= 4 is 0 Å². The normalized spacial score (nSPS) is 12.8. The molecule has 0 aliphatic heterocycles. The van der Waals surface area contributed by atoms with Gasteiger partial charge < -0.3 is 15.0 Å². The first-order valence-electron chi connectivity index (χ1n) is 6.17. The fourth-order valence-electron chi connectivity index (χ4n) is 2.07. The number of nitrogens with zero attached hydrogens (tertiary/aromatic N) is 1. The van der Waals surface area contributed by atoms with Crippen molar-refractivity contribution < 1.29 is 4.74 Å². The quantitative estimate of drug-likeness (QED) is 0.781. The van der Waals surface area contributed by atoms with Crippen molar-refractivity contribution in [1.29, 1.82) is 0 Å². The molecule has 0 saturated carbocycles. The second kappa shape index (κ2) is 7.30. The highest BCUT2D eigenvalue weighted by Crippen LogP contribution is 2.19. The van der Waals surface area contributed by atoms with E-state index in [2.05, 4.69) is 43.4 Å². The van der Waals surface area contributed by atoms with E-state index in [9.17, 15) is 0 Å². The second-order valence-electron chi connectivity index (χ2n) is 4.53. The Morgan fingerprint density at radius 2 is 2.00 bits per heavy atom. The fraction of sp³-hybridized carbons (Fsp3) is 0.571. The van der Waals surface area contributed by atoms with Crippen LogP contribution in [0.1, 0.15) is 12.5 Å². The first-order chi connectivity index (χ1) is 8.17. The molecule has 1 atom stereocenters. The van der Waals surface area contributed by atoms with Gasteiger partial charge in [0.05, 0.1) is 7.11 Å². The molecule has 0 saturated heterocycles. The maximum atomic E-state index is 5.39. The molecule has 1 unspecified atom stereocenters. The molecule has 1 rings (SSSR count). The molecular formula is C14H24N2O. The van der Waals surface area contributed by atoms with Crippen molar-refractivity contribution in [3.63, 3.8) is 0 Å². The topological polar surface area (TPSA) is 24.5 Å². The zero-order valence-electron chi connectivity index (χ0n) is 11.4. The van der Waals surface area contributed by atoms with Gasteiger partial charge in [0.2, 0.25) is 0 Å². The highest BCUT2D eigenvalue weighted by molar-refractivity contribution is 5.33. The summed E-state index contributed by atoms with van der Waals surface area (Å²) in [6.07, 6.45) is 0.996. The molecule has 0 amide bonds. The number of hydrogen-bond donors (Lipinski definition) is 1. The first kappa shape index (κ1) is 14.0.